The van der Waals surface area contributed by atoms with E-state index >= 15 is 0 Å². The second-order valence-corrected chi connectivity index (χ2v) is 6.67. The summed E-state index contributed by atoms with van der Waals surface area (Å²) in [7, 11) is 1.36. The van der Waals surface area contributed by atoms with Gasteiger partial charge in [0.2, 0.25) is 0 Å². The van der Waals surface area contributed by atoms with E-state index in [2.05, 4.69) is 25.5 Å². The maximum atomic E-state index is 12.5. The van der Waals surface area contributed by atoms with Crippen molar-refractivity contribution in [2.24, 2.45) is 0 Å². The number of methoxy groups -OCH3 is 1. The number of carbonyl (C=O) groups excluding carboxylic acids is 2. The molecule has 0 unspecified atom stereocenters. The number of amides is 1. The van der Waals surface area contributed by atoms with Gasteiger partial charge in [0.05, 0.1) is 12.7 Å². The molecule has 2 aliphatic heterocycles. The number of hydrogen-bond donors (Lipinski definition) is 2. The minimum absolute atomic E-state index is 0.339. The Balaban J connectivity index is 1.68. The summed E-state index contributed by atoms with van der Waals surface area (Å²) in [5, 5.41) is 6.26. The van der Waals surface area contributed by atoms with Gasteiger partial charge in [0.25, 0.3) is 5.91 Å². The van der Waals surface area contributed by atoms with Gasteiger partial charge in [-0.2, -0.15) is 0 Å². The monoisotopic (exact) mass is 347 g/mol. The van der Waals surface area contributed by atoms with Crippen LogP contribution >= 0.6 is 0 Å². The van der Waals surface area contributed by atoms with Gasteiger partial charge in [-0.25, -0.2) is 14.8 Å². The van der Waals surface area contributed by atoms with E-state index in [1.165, 1.54) is 25.8 Å². The van der Waals surface area contributed by atoms with Gasteiger partial charge in [-0.1, -0.05) is 0 Å². The summed E-state index contributed by atoms with van der Waals surface area (Å²) in [4.78, 5) is 35.1. The van der Waals surface area contributed by atoms with Gasteiger partial charge in [-0.15, -0.1) is 0 Å². The van der Waals surface area contributed by atoms with Crippen molar-refractivity contribution >= 4 is 11.9 Å². The summed E-state index contributed by atoms with van der Waals surface area (Å²) < 4.78 is 5.00. The zero-order valence-corrected chi connectivity index (χ0v) is 14.5. The Morgan fingerprint density at radius 2 is 1.88 bits per heavy atom. The number of nitrogens with zero attached hydrogens (tertiary/aromatic N) is 3. The van der Waals surface area contributed by atoms with Crippen LogP contribution in [0, 0.1) is 0 Å². The summed E-state index contributed by atoms with van der Waals surface area (Å²) in [6, 6.07) is 0.551. The van der Waals surface area contributed by atoms with E-state index in [-0.39, 0.29) is 11.9 Å². The Hall–Kier alpha value is -2.06. The van der Waals surface area contributed by atoms with Crippen molar-refractivity contribution in [3.8, 4) is 0 Å². The summed E-state index contributed by atoms with van der Waals surface area (Å²) >= 11 is 0. The van der Waals surface area contributed by atoms with Crippen LogP contribution in [0.1, 0.15) is 36.0 Å². The van der Waals surface area contributed by atoms with E-state index in [0.717, 1.165) is 39.0 Å². The van der Waals surface area contributed by atoms with E-state index < -0.39 is 5.54 Å². The highest BCUT2D eigenvalue weighted by Crippen LogP contribution is 2.27. The lowest BCUT2D eigenvalue weighted by Crippen LogP contribution is -2.62. The van der Waals surface area contributed by atoms with E-state index in [1.54, 1.807) is 0 Å². The van der Waals surface area contributed by atoms with E-state index in [9.17, 15) is 9.59 Å². The fraction of sp³-hybridized carbons (Fsp3) is 0.647. The molecule has 1 amide bonds. The third-order valence-electron chi connectivity index (χ3n) is 5.23. The van der Waals surface area contributed by atoms with Crippen LogP contribution in [0.3, 0.4) is 0 Å². The molecule has 2 N–H and O–H groups in total. The van der Waals surface area contributed by atoms with Gasteiger partial charge in [-0.05, 0) is 38.8 Å². The molecule has 1 aromatic rings. The van der Waals surface area contributed by atoms with Crippen molar-refractivity contribution in [3.63, 3.8) is 0 Å². The van der Waals surface area contributed by atoms with Crippen molar-refractivity contribution in [3.05, 3.63) is 24.3 Å². The largest absolute Gasteiger partial charge is 0.467 e. The zero-order chi connectivity index (χ0) is 17.7. The quantitative estimate of drug-likeness (QED) is 0.738. The summed E-state index contributed by atoms with van der Waals surface area (Å²) in [5.41, 5.74) is -0.642. The molecule has 2 fully saturated rings. The average molecular weight is 347 g/mol. The molecule has 3 heterocycles. The molecule has 25 heavy (non-hydrogen) atoms. The van der Waals surface area contributed by atoms with Crippen molar-refractivity contribution < 1.29 is 14.3 Å². The Kier molecular flexibility index (Phi) is 5.60. The Morgan fingerprint density at radius 3 is 2.48 bits per heavy atom. The minimum atomic E-state index is -0.981. The van der Waals surface area contributed by atoms with Gasteiger partial charge in [0.1, 0.15) is 11.9 Å². The number of hydrogen-bond acceptors (Lipinski definition) is 7. The van der Waals surface area contributed by atoms with Crippen molar-refractivity contribution in [2.75, 3.05) is 33.3 Å². The summed E-state index contributed by atoms with van der Waals surface area (Å²) in [6.45, 7) is 3.61. The molecular weight excluding hydrogens is 322 g/mol. The number of likely N-dealkylation sites (tertiary alicyclic amines) is 1. The van der Waals surface area contributed by atoms with Crippen molar-refractivity contribution in [1.29, 1.82) is 0 Å². The van der Waals surface area contributed by atoms with Crippen LogP contribution in [-0.2, 0) is 9.53 Å². The number of aromatic nitrogens is 2. The lowest BCUT2D eigenvalue weighted by Gasteiger charge is -2.44. The first-order chi connectivity index (χ1) is 12.1. The first-order valence-electron chi connectivity index (χ1n) is 8.75. The highest BCUT2D eigenvalue weighted by atomic mass is 16.5. The van der Waals surface area contributed by atoms with Crippen LogP contribution in [0.15, 0.2) is 18.7 Å². The smallest absolute Gasteiger partial charge is 0.331 e. The van der Waals surface area contributed by atoms with Gasteiger partial charge in [0, 0.05) is 31.5 Å². The SMILES string of the molecule is COC(=O)C1(NC(=O)c2cncnc2)CCN(C2CCNCC2)CC1. The molecule has 0 spiro atoms. The molecule has 136 valence electrons. The molecule has 2 saturated heterocycles. The van der Waals surface area contributed by atoms with Crippen LogP contribution in [0.5, 0.6) is 0 Å². The predicted octanol–water partition coefficient (Wildman–Crippen LogP) is -0.0340. The molecule has 8 heteroatoms. The zero-order valence-electron chi connectivity index (χ0n) is 14.5. The van der Waals surface area contributed by atoms with E-state index in [1.807, 2.05) is 0 Å². The third-order valence-corrected chi connectivity index (χ3v) is 5.23. The van der Waals surface area contributed by atoms with Crippen LogP contribution in [0.2, 0.25) is 0 Å². The number of rotatable bonds is 4. The van der Waals surface area contributed by atoms with Gasteiger partial charge >= 0.3 is 5.97 Å². The van der Waals surface area contributed by atoms with Crippen LogP contribution < -0.4 is 10.6 Å². The first kappa shape index (κ1) is 17.8. The van der Waals surface area contributed by atoms with E-state index in [4.69, 9.17) is 4.74 Å². The number of nitrogens with one attached hydrogen (secondary N) is 2. The fourth-order valence-corrected chi connectivity index (χ4v) is 3.72. The third kappa shape index (κ3) is 3.96. The molecule has 0 bridgehead atoms. The maximum Gasteiger partial charge on any atom is 0.331 e. The molecule has 0 saturated carbocycles. The Labute approximate surface area is 147 Å². The molecule has 2 aliphatic rings. The summed E-state index contributed by atoms with van der Waals surface area (Å²) in [6.07, 6.45) is 7.59. The van der Waals surface area contributed by atoms with Gasteiger partial charge < -0.3 is 20.3 Å². The van der Waals surface area contributed by atoms with Gasteiger partial charge in [-0.3, -0.25) is 4.79 Å². The number of carbonyl (C=O) groups is 2. The lowest BCUT2D eigenvalue weighted by atomic mass is 9.85. The first-order valence-corrected chi connectivity index (χ1v) is 8.75. The van der Waals surface area contributed by atoms with Crippen LogP contribution in [0.25, 0.3) is 0 Å². The highest BCUT2D eigenvalue weighted by Gasteiger charge is 2.45. The molecule has 0 aliphatic carbocycles. The number of esters is 1. The lowest BCUT2D eigenvalue weighted by molar-refractivity contribution is -0.150. The Bertz CT molecular complexity index is 596. The normalized spacial score (nSPS) is 21.5. The van der Waals surface area contributed by atoms with E-state index in [0.29, 0.717) is 24.4 Å². The molecular formula is C17H25N5O3. The topological polar surface area (TPSA) is 96.4 Å². The molecule has 0 atom stereocenters. The standard InChI is InChI=1S/C17H25N5O3/c1-25-16(24)17(21-15(23)13-10-19-12-20-11-13)4-8-22(9-5-17)14-2-6-18-7-3-14/h10-12,14,18H,2-9H2,1H3,(H,21,23). The predicted molar refractivity (Wildman–Crippen MR) is 90.9 cm³/mol. The summed E-state index contributed by atoms with van der Waals surface area (Å²) in [5.74, 6) is -0.732. The highest BCUT2D eigenvalue weighted by molar-refractivity contribution is 5.97. The van der Waals surface area contributed by atoms with Gasteiger partial charge in [0.15, 0.2) is 0 Å². The fourth-order valence-electron chi connectivity index (χ4n) is 3.72. The molecule has 3 rings (SSSR count). The minimum Gasteiger partial charge on any atom is -0.467 e. The molecule has 1 aromatic heterocycles. The molecule has 0 radical (unpaired) electrons. The van der Waals surface area contributed by atoms with Crippen molar-refractivity contribution in [2.45, 2.75) is 37.3 Å². The average Bonchev–Trinajstić information content (AvgIpc) is 2.69. The maximum absolute atomic E-state index is 12.5. The number of ether oxygens (including phenoxy) is 1. The van der Waals surface area contributed by atoms with Crippen LogP contribution in [-0.4, -0.2) is 71.6 Å². The second kappa shape index (κ2) is 7.88. The van der Waals surface area contributed by atoms with Crippen molar-refractivity contribution in [1.82, 2.24) is 25.5 Å². The number of piperidine rings is 2. The molecule has 8 nitrogen and oxygen atoms in total. The second-order valence-electron chi connectivity index (χ2n) is 6.67. The molecule has 0 aromatic carbocycles. The Morgan fingerprint density at radius 1 is 1.24 bits per heavy atom. The van der Waals surface area contributed by atoms with Crippen LogP contribution in [0.4, 0.5) is 0 Å².